The number of hydrogen-bond donors (Lipinski definition) is 13. The molecular formula is C88H157F3N12O35. The fourth-order valence-electron chi connectivity index (χ4n) is 9.17. The topological polar surface area (TPSA) is 662 Å². The van der Waals surface area contributed by atoms with Crippen molar-refractivity contribution >= 4 is 109 Å². The zero-order chi connectivity index (χ0) is 107. The third-order valence-corrected chi connectivity index (χ3v) is 16.3. The number of esters is 5. The first-order valence-corrected chi connectivity index (χ1v) is 44.8. The van der Waals surface area contributed by atoms with Crippen LogP contribution in [0.1, 0.15) is 256 Å². The number of aliphatic hydroxyl groups excluding tert-OH is 3. The van der Waals surface area contributed by atoms with E-state index in [0.29, 0.717) is 70.4 Å². The van der Waals surface area contributed by atoms with Crippen molar-refractivity contribution in [1.82, 2.24) is 37.2 Å². The summed E-state index contributed by atoms with van der Waals surface area (Å²) in [5.74, 6) is -6.83. The zero-order valence-corrected chi connectivity index (χ0v) is 84.8. The Balaban J connectivity index is -0.000000861. The first-order chi connectivity index (χ1) is 63.3. The number of carboxylic acid groups (broad SMARTS) is 1. The quantitative estimate of drug-likeness (QED) is 0.00946. The van der Waals surface area contributed by atoms with E-state index in [2.05, 4.69) is 124 Å². The maximum absolute atomic E-state index is 12.7. The molecule has 800 valence electrons. The van der Waals surface area contributed by atoms with E-state index in [9.17, 15) is 90.5 Å². The van der Waals surface area contributed by atoms with Crippen LogP contribution in [-0.2, 0) is 105 Å². The molecule has 2 heterocycles. The first-order valence-electron chi connectivity index (χ1n) is 44.8. The number of alkyl carbamates (subject to hydrolysis) is 7. The van der Waals surface area contributed by atoms with Crippen molar-refractivity contribution in [2.45, 2.75) is 285 Å². The standard InChI is InChI=1S/C31H56N4O11.C21H40N4O7.C19H31N3O9.C11H23NO3.C4H6O3.C2HF3O2/c1-28(2,3)15-13-16-33-25(39)43-18-12-11-14-22(37)44-21-31(10,20-36)23(38)42-19-17-32-24(34-26(40)45-29(4,5)6)35-27(41)46-30(7,8)9;1-20(2,3)9-7-10-25-19(29)31-12-6-5-8-16(27)32-15-21(4,14-26)17(28)30-13-11-24-18(22)23;1-17(2,3)30-14(24)21-13(22-15(25)31-18(4,5)6)20-8-9-27-12(23)19(7)10-28-16(26)29-11-19;1-11(2,3)6-4-7-12-10(14)15-9-5-8-13;5-4-6-2-1-3-7-4;3-2(4,5)1(6)7/h36H,11-21H2,1-10H3,(H,33,39)(H2,32,34,35,40,41);26H,5-15H2,1-4H3,(H,25,29)(H4,22,23,24);8-11H2,1-7H3,(H2,20,21,22,24,25);13H,4-9H2,1-3H3,(H,12,14);1-3H2;(H,6,7). The number of alkyl halides is 3. The van der Waals surface area contributed by atoms with E-state index in [0.717, 1.165) is 44.9 Å². The fourth-order valence-corrected chi connectivity index (χ4v) is 9.17. The van der Waals surface area contributed by atoms with Gasteiger partial charge in [0.15, 0.2) is 0 Å². The van der Waals surface area contributed by atoms with Gasteiger partial charge in [-0.25, -0.2) is 53.1 Å². The lowest BCUT2D eigenvalue weighted by atomic mass is 9.91. The number of aliphatic imine (C=N–C) groups is 2. The lowest BCUT2D eigenvalue weighted by molar-refractivity contribution is -0.462. The molecular weight excluding hydrogens is 1840 g/mol. The number of ether oxygens (including phenoxy) is 16. The number of amides is 7. The molecule has 0 aromatic heterocycles. The molecule has 2 saturated heterocycles. The minimum atomic E-state index is -5.19. The lowest BCUT2D eigenvalue weighted by Crippen LogP contribution is -2.79. The molecule has 15 N–H and O–H groups in total. The van der Waals surface area contributed by atoms with Gasteiger partial charge in [0, 0.05) is 51.9 Å². The normalized spacial score (nSPS) is 13.6. The van der Waals surface area contributed by atoms with E-state index < -0.39 is 155 Å². The number of unbranched alkanes of at least 4 members (excludes halogenated alkanes) is 2. The molecule has 2 aliphatic rings. The number of aliphatic hydroxyl groups is 3. The molecule has 0 saturated carbocycles. The Kier molecular flexibility index (Phi) is 65.2. The van der Waals surface area contributed by atoms with Crippen LogP contribution in [0.5, 0.6) is 0 Å². The Hall–Kier alpha value is -11.5. The van der Waals surface area contributed by atoms with Crippen LogP contribution in [0.3, 0.4) is 0 Å². The minimum absolute atomic E-state index is 0.00188. The van der Waals surface area contributed by atoms with Gasteiger partial charge in [-0.05, 0) is 184 Å². The van der Waals surface area contributed by atoms with Gasteiger partial charge in [0.1, 0.15) is 90.9 Å². The number of hydrogen-bond acceptors (Lipinski definition) is 37. The molecule has 0 bridgehead atoms. The molecule has 2 atom stereocenters. The number of aliphatic carboxylic acids is 1. The average molecular weight is 2000 g/mol. The number of carbonyl (C=O) groups is 15. The lowest BCUT2D eigenvalue weighted by Gasteiger charge is -2.29. The van der Waals surface area contributed by atoms with Crippen molar-refractivity contribution in [3.8, 4) is 0 Å². The minimum Gasteiger partial charge on any atom is -0.542 e. The summed E-state index contributed by atoms with van der Waals surface area (Å²) >= 11 is 0. The second kappa shape index (κ2) is 67.7. The molecule has 0 aliphatic carbocycles. The predicted molar refractivity (Wildman–Crippen MR) is 488 cm³/mol. The molecule has 50 heteroatoms. The number of carboxylic acids is 1. The summed E-state index contributed by atoms with van der Waals surface area (Å²) in [4.78, 5) is 184. The molecule has 2 rings (SSSR count). The Morgan fingerprint density at radius 2 is 0.725 bits per heavy atom. The highest BCUT2D eigenvalue weighted by molar-refractivity contribution is 6.02. The molecule has 47 nitrogen and oxygen atoms in total. The molecule has 7 amide bonds. The van der Waals surface area contributed by atoms with Gasteiger partial charge in [-0.3, -0.25) is 61.7 Å². The number of rotatable bonds is 40. The van der Waals surface area contributed by atoms with Crippen molar-refractivity contribution in [3.05, 3.63) is 0 Å². The summed E-state index contributed by atoms with van der Waals surface area (Å²) in [7, 11) is 0. The second-order valence-corrected chi connectivity index (χ2v) is 39.2. The van der Waals surface area contributed by atoms with Crippen LogP contribution in [0.4, 0.5) is 56.3 Å². The zero-order valence-electron chi connectivity index (χ0n) is 84.8. The molecule has 0 spiro atoms. The van der Waals surface area contributed by atoms with Gasteiger partial charge < -0.3 is 117 Å². The summed E-state index contributed by atoms with van der Waals surface area (Å²) in [6, 6.07) is 0. The number of nitrogens with two attached hydrogens (primary N) is 2. The largest absolute Gasteiger partial charge is 0.542 e. The highest BCUT2D eigenvalue weighted by Crippen LogP contribution is 2.27. The summed E-state index contributed by atoms with van der Waals surface area (Å²) in [5.41, 5.74) is 3.99. The van der Waals surface area contributed by atoms with Crippen molar-refractivity contribution in [1.29, 1.82) is 0 Å². The number of guanidine groups is 3. The third-order valence-electron chi connectivity index (χ3n) is 16.3. The van der Waals surface area contributed by atoms with Crippen molar-refractivity contribution in [2.75, 3.05) is 138 Å². The molecule has 2 unspecified atom stereocenters. The van der Waals surface area contributed by atoms with Gasteiger partial charge in [0.05, 0.1) is 65.9 Å². The molecule has 138 heavy (non-hydrogen) atoms. The Morgan fingerprint density at radius 1 is 0.420 bits per heavy atom. The van der Waals surface area contributed by atoms with Gasteiger partial charge in [-0.15, -0.1) is 0 Å². The summed E-state index contributed by atoms with van der Waals surface area (Å²) in [5, 5.41) is 53.9. The number of cyclic esters (lactones) is 4. The number of carbonyl (C=O) groups excluding carboxylic acids is 15. The number of nitrogens with zero attached hydrogens (tertiary/aromatic N) is 2. The Bertz CT molecular complexity index is 3700. The van der Waals surface area contributed by atoms with Crippen molar-refractivity contribution in [3.63, 3.8) is 0 Å². The monoisotopic (exact) mass is 2000 g/mol. The van der Waals surface area contributed by atoms with Crippen LogP contribution in [-0.4, -0.2) is 291 Å². The SMILES string of the molecule is CC(C)(C)CCCNC(=O)OCCCCC(=O)OCC(C)(CO)C(=O)OCCN=C(NC(=O)OC(C)(C)C)NC(=O)OC(C)(C)C.CC(C)(C)CCCNC(=O)OCCCCC(=O)OCC(C)(CO)C(=O)OCC[NH+]=C(N)N.CC(C)(C)CCCNC(=O)OCCCO.CC(C)(C)OC(=O)NC(=NCCOC(=O)C1(C)COC(=O)OC1)NC(=O)OC(C)(C)C.O=C([O-])C(F)(F)F.O=C1OCCCO1. The maximum atomic E-state index is 12.7. The predicted octanol–water partition coefficient (Wildman–Crippen LogP) is 7.22. The van der Waals surface area contributed by atoms with Crippen LogP contribution in [0.2, 0.25) is 0 Å². The van der Waals surface area contributed by atoms with E-state index in [1.54, 1.807) is 83.1 Å². The van der Waals surface area contributed by atoms with Gasteiger partial charge >= 0.3 is 96.9 Å². The molecule has 0 radical (unpaired) electrons. The molecule has 0 aromatic rings. The molecule has 0 aromatic carbocycles. The van der Waals surface area contributed by atoms with Crippen LogP contribution >= 0.6 is 0 Å². The maximum Gasteiger partial charge on any atom is 0.508 e. The first kappa shape index (κ1) is 133. The highest BCUT2D eigenvalue weighted by Gasteiger charge is 2.43. The van der Waals surface area contributed by atoms with E-state index in [4.69, 9.17) is 92.8 Å². The van der Waals surface area contributed by atoms with E-state index in [1.165, 1.54) is 20.8 Å². The number of halogens is 3. The summed E-state index contributed by atoms with van der Waals surface area (Å²) in [6.07, 6.45) is -2.41. The van der Waals surface area contributed by atoms with Gasteiger partial charge in [0.25, 0.3) is 0 Å². The fraction of sp³-hybridized carbons (Fsp3) is 0.795. The van der Waals surface area contributed by atoms with Crippen LogP contribution in [0.15, 0.2) is 9.98 Å². The van der Waals surface area contributed by atoms with Gasteiger partial charge in [-0.2, -0.15) is 13.2 Å². The van der Waals surface area contributed by atoms with Crippen molar-refractivity contribution in [2.24, 2.45) is 53.9 Å². The smallest absolute Gasteiger partial charge is 0.508 e. The van der Waals surface area contributed by atoms with Crippen LogP contribution < -0.4 is 58.8 Å². The molecule has 2 aliphatic heterocycles. The molecule has 2 fully saturated rings. The highest BCUT2D eigenvalue weighted by atomic mass is 19.4. The van der Waals surface area contributed by atoms with Crippen LogP contribution in [0.25, 0.3) is 0 Å². The van der Waals surface area contributed by atoms with E-state index >= 15 is 0 Å². The Morgan fingerprint density at radius 3 is 1.00 bits per heavy atom. The third kappa shape index (κ3) is 81.7. The second-order valence-electron chi connectivity index (χ2n) is 39.2. The summed E-state index contributed by atoms with van der Waals surface area (Å²) in [6.45, 7) is 44.3. The van der Waals surface area contributed by atoms with Gasteiger partial charge in [-0.1, -0.05) is 62.3 Å². The van der Waals surface area contributed by atoms with Gasteiger partial charge in [0.2, 0.25) is 11.9 Å². The number of nitrogens with one attached hydrogen (secondary N) is 8. The van der Waals surface area contributed by atoms with E-state index in [-0.39, 0.29) is 127 Å². The summed E-state index contributed by atoms with van der Waals surface area (Å²) < 4.78 is 111. The van der Waals surface area contributed by atoms with E-state index in [1.807, 2.05) is 0 Å². The average Bonchev–Trinajstić information content (AvgIpc) is 0.755. The van der Waals surface area contributed by atoms with Crippen molar-refractivity contribution < 1.29 is 186 Å². The Labute approximate surface area is 806 Å². The van der Waals surface area contributed by atoms with Crippen LogP contribution in [0, 0.1) is 32.5 Å².